The molecular formula is C23H34N4O3. The lowest BCUT2D eigenvalue weighted by molar-refractivity contribution is 0.0244. The van der Waals surface area contributed by atoms with Gasteiger partial charge in [0.05, 0.1) is 30.2 Å². The lowest BCUT2D eigenvalue weighted by atomic mass is 9.83. The number of aromatic nitrogens is 3. The number of rotatable bonds is 7. The van der Waals surface area contributed by atoms with Crippen LogP contribution in [0.5, 0.6) is 5.88 Å². The van der Waals surface area contributed by atoms with Crippen LogP contribution in [0.2, 0.25) is 0 Å². The quantitative estimate of drug-likeness (QED) is 0.702. The summed E-state index contributed by atoms with van der Waals surface area (Å²) in [6, 6.07) is 0.320. The molecule has 1 saturated heterocycles. The standard InChI is InChI=1S/C23H34N4O3/c1-3-4-15(2)26-23-25-14-20-21(27-23)19(16-5-7-17(28)8-6-16)13-24-22(20)30-18-9-11-29-12-10-18/h13-18,28H,3-12H2,1-2H3,(H,25,26,27). The molecule has 2 aromatic rings. The molecule has 0 bridgehead atoms. The van der Waals surface area contributed by atoms with Gasteiger partial charge in [0.1, 0.15) is 6.10 Å². The zero-order valence-corrected chi connectivity index (χ0v) is 18.1. The monoisotopic (exact) mass is 414 g/mol. The maximum absolute atomic E-state index is 9.93. The van der Waals surface area contributed by atoms with E-state index in [0.29, 0.717) is 23.8 Å². The second kappa shape index (κ2) is 9.88. The highest BCUT2D eigenvalue weighted by molar-refractivity contribution is 5.86. The van der Waals surface area contributed by atoms with E-state index in [0.717, 1.165) is 81.0 Å². The molecule has 4 rings (SSSR count). The third-order valence-electron chi connectivity index (χ3n) is 6.29. The van der Waals surface area contributed by atoms with Crippen LogP contribution < -0.4 is 10.1 Å². The van der Waals surface area contributed by atoms with E-state index < -0.39 is 0 Å². The molecule has 3 heterocycles. The number of fused-ring (bicyclic) bond motifs is 1. The molecule has 0 amide bonds. The fourth-order valence-electron chi connectivity index (χ4n) is 4.54. The molecule has 7 nitrogen and oxygen atoms in total. The molecule has 2 N–H and O–H groups in total. The topological polar surface area (TPSA) is 89.4 Å². The van der Waals surface area contributed by atoms with E-state index in [1.54, 1.807) is 0 Å². The summed E-state index contributed by atoms with van der Waals surface area (Å²) in [4.78, 5) is 14.2. The molecule has 0 spiro atoms. The van der Waals surface area contributed by atoms with Crippen molar-refractivity contribution in [2.75, 3.05) is 18.5 Å². The highest BCUT2D eigenvalue weighted by atomic mass is 16.5. The number of anilines is 1. The summed E-state index contributed by atoms with van der Waals surface area (Å²) in [5.74, 6) is 1.63. The first-order valence-electron chi connectivity index (χ1n) is 11.5. The molecule has 0 aromatic carbocycles. The van der Waals surface area contributed by atoms with Crippen molar-refractivity contribution in [3.05, 3.63) is 18.0 Å². The van der Waals surface area contributed by atoms with Crippen molar-refractivity contribution in [2.45, 2.75) is 89.4 Å². The first kappa shape index (κ1) is 21.2. The van der Waals surface area contributed by atoms with Gasteiger partial charge in [0.15, 0.2) is 0 Å². The molecule has 2 aromatic heterocycles. The second-order valence-electron chi connectivity index (χ2n) is 8.74. The lowest BCUT2D eigenvalue weighted by Crippen LogP contribution is -2.26. The van der Waals surface area contributed by atoms with Crippen LogP contribution >= 0.6 is 0 Å². The van der Waals surface area contributed by atoms with Crippen LogP contribution in [0.1, 0.15) is 76.7 Å². The van der Waals surface area contributed by atoms with Crippen LogP contribution in [0.4, 0.5) is 5.95 Å². The summed E-state index contributed by atoms with van der Waals surface area (Å²) in [5.41, 5.74) is 2.07. The minimum atomic E-state index is -0.182. The molecule has 1 saturated carbocycles. The van der Waals surface area contributed by atoms with E-state index in [-0.39, 0.29) is 12.2 Å². The number of ether oxygens (including phenoxy) is 2. The molecule has 164 valence electrons. The Hall–Kier alpha value is -1.99. The van der Waals surface area contributed by atoms with Crippen molar-refractivity contribution in [3.8, 4) is 5.88 Å². The van der Waals surface area contributed by atoms with E-state index >= 15 is 0 Å². The van der Waals surface area contributed by atoms with Gasteiger partial charge in [0, 0.05) is 36.8 Å². The maximum atomic E-state index is 9.93. The Balaban J connectivity index is 1.67. The molecule has 7 heteroatoms. The number of pyridine rings is 1. The van der Waals surface area contributed by atoms with Crippen LogP contribution in [-0.2, 0) is 4.74 Å². The average molecular weight is 415 g/mol. The molecule has 0 radical (unpaired) electrons. The SMILES string of the molecule is CCCC(C)Nc1ncc2c(OC3CCOCC3)ncc(C3CCC(O)CC3)c2n1. The molecule has 1 unspecified atom stereocenters. The van der Waals surface area contributed by atoms with Crippen molar-refractivity contribution in [2.24, 2.45) is 0 Å². The van der Waals surface area contributed by atoms with Gasteiger partial charge >= 0.3 is 0 Å². The van der Waals surface area contributed by atoms with Gasteiger partial charge in [0.25, 0.3) is 0 Å². The van der Waals surface area contributed by atoms with Gasteiger partial charge in [-0.25, -0.2) is 15.0 Å². The highest BCUT2D eigenvalue weighted by Crippen LogP contribution is 2.38. The summed E-state index contributed by atoms with van der Waals surface area (Å²) in [5, 5.41) is 14.2. The first-order chi connectivity index (χ1) is 14.6. The molecule has 2 fully saturated rings. The van der Waals surface area contributed by atoms with Gasteiger partial charge in [-0.05, 0) is 44.9 Å². The molecule has 1 atom stereocenters. The Morgan fingerprint density at radius 1 is 1.13 bits per heavy atom. The predicted octanol–water partition coefficient (Wildman–Crippen LogP) is 4.20. The third kappa shape index (κ3) is 5.01. The van der Waals surface area contributed by atoms with Gasteiger partial charge in [-0.3, -0.25) is 0 Å². The molecular weight excluding hydrogens is 380 g/mol. The summed E-state index contributed by atoms with van der Waals surface area (Å²) in [6.07, 6.45) is 11.2. The van der Waals surface area contributed by atoms with Gasteiger partial charge in [-0.15, -0.1) is 0 Å². The maximum Gasteiger partial charge on any atom is 0.224 e. The third-order valence-corrected chi connectivity index (χ3v) is 6.29. The van der Waals surface area contributed by atoms with E-state index in [1.165, 1.54) is 0 Å². The van der Waals surface area contributed by atoms with Crippen molar-refractivity contribution < 1.29 is 14.6 Å². The summed E-state index contributed by atoms with van der Waals surface area (Å²) >= 11 is 0. The predicted molar refractivity (Wildman–Crippen MR) is 117 cm³/mol. The smallest absolute Gasteiger partial charge is 0.224 e. The van der Waals surface area contributed by atoms with E-state index in [2.05, 4.69) is 29.1 Å². The zero-order chi connectivity index (χ0) is 20.9. The Bertz CT molecular complexity index is 833. The molecule has 2 aliphatic rings. The number of hydrogen-bond acceptors (Lipinski definition) is 7. The largest absolute Gasteiger partial charge is 0.474 e. The lowest BCUT2D eigenvalue weighted by Gasteiger charge is -2.27. The van der Waals surface area contributed by atoms with Crippen molar-refractivity contribution in [3.63, 3.8) is 0 Å². The Morgan fingerprint density at radius 2 is 1.90 bits per heavy atom. The number of nitrogens with one attached hydrogen (secondary N) is 1. The van der Waals surface area contributed by atoms with Gasteiger partial charge in [-0.2, -0.15) is 0 Å². The number of hydrogen-bond donors (Lipinski definition) is 2. The zero-order valence-electron chi connectivity index (χ0n) is 18.1. The fourth-order valence-corrected chi connectivity index (χ4v) is 4.54. The van der Waals surface area contributed by atoms with Crippen LogP contribution in [0.15, 0.2) is 12.4 Å². The molecule has 1 aliphatic heterocycles. The van der Waals surface area contributed by atoms with Crippen LogP contribution in [-0.4, -0.2) is 51.5 Å². The number of nitrogens with zero attached hydrogens (tertiary/aromatic N) is 3. The average Bonchev–Trinajstić information content (AvgIpc) is 2.75. The van der Waals surface area contributed by atoms with Crippen molar-refractivity contribution in [1.82, 2.24) is 15.0 Å². The Morgan fingerprint density at radius 3 is 2.63 bits per heavy atom. The van der Waals surface area contributed by atoms with Gasteiger partial charge < -0.3 is 19.9 Å². The molecule has 30 heavy (non-hydrogen) atoms. The minimum absolute atomic E-state index is 0.118. The molecule has 1 aliphatic carbocycles. The van der Waals surface area contributed by atoms with Gasteiger partial charge in [0.2, 0.25) is 11.8 Å². The van der Waals surface area contributed by atoms with Crippen LogP contribution in [0, 0.1) is 0 Å². The van der Waals surface area contributed by atoms with Crippen molar-refractivity contribution >= 4 is 16.9 Å². The fraction of sp³-hybridized carbons (Fsp3) is 0.696. The van der Waals surface area contributed by atoms with Crippen molar-refractivity contribution in [1.29, 1.82) is 0 Å². The van der Waals surface area contributed by atoms with E-state index in [4.69, 9.17) is 14.5 Å². The van der Waals surface area contributed by atoms with E-state index in [1.807, 2.05) is 12.4 Å². The van der Waals surface area contributed by atoms with E-state index in [9.17, 15) is 5.11 Å². The number of aliphatic hydroxyl groups excluding tert-OH is 1. The normalized spacial score (nSPS) is 24.0. The summed E-state index contributed by atoms with van der Waals surface area (Å²) in [7, 11) is 0. The van der Waals surface area contributed by atoms with Crippen LogP contribution in [0.3, 0.4) is 0 Å². The minimum Gasteiger partial charge on any atom is -0.474 e. The van der Waals surface area contributed by atoms with Gasteiger partial charge in [-0.1, -0.05) is 13.3 Å². The Labute approximate surface area is 178 Å². The summed E-state index contributed by atoms with van der Waals surface area (Å²) in [6.45, 7) is 5.79. The summed E-state index contributed by atoms with van der Waals surface area (Å²) < 4.78 is 11.7. The Kier molecular flexibility index (Phi) is 7.00. The van der Waals surface area contributed by atoms with Crippen LogP contribution in [0.25, 0.3) is 10.9 Å². The first-order valence-corrected chi connectivity index (χ1v) is 11.5. The second-order valence-corrected chi connectivity index (χ2v) is 8.74. The highest BCUT2D eigenvalue weighted by Gasteiger charge is 2.26. The number of aliphatic hydroxyl groups is 1.